The molecule has 1 atom stereocenters. The number of hydrogen-bond donors (Lipinski definition) is 3. The van der Waals surface area contributed by atoms with Gasteiger partial charge in [0.1, 0.15) is 0 Å². The summed E-state index contributed by atoms with van der Waals surface area (Å²) >= 11 is 0. The lowest BCUT2D eigenvalue weighted by Gasteiger charge is -2.25. The highest BCUT2D eigenvalue weighted by Crippen LogP contribution is 2.30. The lowest BCUT2D eigenvalue weighted by Crippen LogP contribution is -2.39. The van der Waals surface area contributed by atoms with E-state index in [-0.39, 0.29) is 11.9 Å². The molecule has 0 spiro atoms. The molecule has 0 bridgehead atoms. The van der Waals surface area contributed by atoms with E-state index >= 15 is 0 Å². The molecular formula is C20H21F3N2O3. The first-order valence-corrected chi connectivity index (χ1v) is 8.60. The number of nitrogens with one attached hydrogen (secondary N) is 2. The fourth-order valence-electron chi connectivity index (χ4n) is 3.00. The molecule has 3 rings (SSSR count). The number of amides is 1. The van der Waals surface area contributed by atoms with E-state index < -0.39 is 12.1 Å². The van der Waals surface area contributed by atoms with Gasteiger partial charge in [-0.15, -0.1) is 0 Å². The minimum atomic E-state index is -5.08. The van der Waals surface area contributed by atoms with E-state index in [0.29, 0.717) is 0 Å². The van der Waals surface area contributed by atoms with Gasteiger partial charge in [-0.05, 0) is 54.8 Å². The number of benzene rings is 2. The number of carboxylic acids is 1. The average Bonchev–Trinajstić information content (AvgIpc) is 2.61. The molecule has 0 fully saturated rings. The molecule has 1 amide bonds. The zero-order valence-corrected chi connectivity index (χ0v) is 15.4. The molecule has 0 aromatic heterocycles. The number of alkyl halides is 3. The van der Waals surface area contributed by atoms with Crippen molar-refractivity contribution in [1.29, 1.82) is 0 Å². The maximum atomic E-state index is 12.1. The molecule has 1 aliphatic rings. The van der Waals surface area contributed by atoms with E-state index in [1.54, 1.807) is 0 Å². The number of carboxylic acid groups (broad SMARTS) is 1. The minimum absolute atomic E-state index is 0.0389. The van der Waals surface area contributed by atoms with Crippen molar-refractivity contribution in [3.8, 4) is 11.1 Å². The van der Waals surface area contributed by atoms with E-state index in [1.807, 2.05) is 19.2 Å². The molecule has 1 unspecified atom stereocenters. The largest absolute Gasteiger partial charge is 0.490 e. The molecule has 1 heterocycles. The highest BCUT2D eigenvalue weighted by atomic mass is 19.4. The summed E-state index contributed by atoms with van der Waals surface area (Å²) in [6.45, 7) is 2.90. The van der Waals surface area contributed by atoms with E-state index in [1.165, 1.54) is 16.7 Å². The van der Waals surface area contributed by atoms with Crippen molar-refractivity contribution in [3.05, 3.63) is 59.2 Å². The van der Waals surface area contributed by atoms with E-state index in [0.717, 1.165) is 24.1 Å². The van der Waals surface area contributed by atoms with Crippen LogP contribution in [0.2, 0.25) is 0 Å². The molecule has 150 valence electrons. The van der Waals surface area contributed by atoms with Gasteiger partial charge in [0.15, 0.2) is 0 Å². The van der Waals surface area contributed by atoms with Crippen LogP contribution in [0.15, 0.2) is 42.5 Å². The number of hydrogen-bond acceptors (Lipinski definition) is 3. The predicted octanol–water partition coefficient (Wildman–Crippen LogP) is 3.38. The molecule has 0 saturated heterocycles. The topological polar surface area (TPSA) is 78.4 Å². The zero-order chi connectivity index (χ0) is 20.9. The molecule has 2 aromatic carbocycles. The Morgan fingerprint density at radius 1 is 1.21 bits per heavy atom. The third kappa shape index (κ3) is 5.32. The number of aliphatic carboxylic acids is 1. The smallest absolute Gasteiger partial charge is 0.475 e. The summed E-state index contributed by atoms with van der Waals surface area (Å²) in [6, 6.07) is 14.7. The number of rotatable bonds is 3. The highest BCUT2D eigenvalue weighted by molar-refractivity contribution is 5.99. The Hall–Kier alpha value is -2.87. The van der Waals surface area contributed by atoms with Gasteiger partial charge in [-0.2, -0.15) is 13.2 Å². The third-order valence-electron chi connectivity index (χ3n) is 4.17. The monoisotopic (exact) mass is 394 g/mol. The molecule has 0 saturated carbocycles. The van der Waals surface area contributed by atoms with Crippen molar-refractivity contribution in [1.82, 2.24) is 10.6 Å². The summed E-state index contributed by atoms with van der Waals surface area (Å²) in [6.07, 6.45) is -4.20. The van der Waals surface area contributed by atoms with Gasteiger partial charge >= 0.3 is 12.1 Å². The van der Waals surface area contributed by atoms with Crippen molar-refractivity contribution in [2.24, 2.45) is 0 Å². The van der Waals surface area contributed by atoms with Crippen LogP contribution in [-0.4, -0.2) is 36.2 Å². The predicted molar refractivity (Wildman–Crippen MR) is 99.0 cm³/mol. The van der Waals surface area contributed by atoms with E-state index in [2.05, 4.69) is 47.9 Å². The molecular weight excluding hydrogens is 373 g/mol. The fraction of sp³-hybridized carbons (Fsp3) is 0.300. The van der Waals surface area contributed by atoms with Crippen LogP contribution < -0.4 is 10.6 Å². The number of halogens is 3. The maximum absolute atomic E-state index is 12.1. The van der Waals surface area contributed by atoms with Crippen LogP contribution in [0.4, 0.5) is 13.2 Å². The Kier molecular flexibility index (Phi) is 6.80. The van der Waals surface area contributed by atoms with Crippen molar-refractivity contribution < 1.29 is 27.9 Å². The Morgan fingerprint density at radius 3 is 2.43 bits per heavy atom. The van der Waals surface area contributed by atoms with E-state index in [4.69, 9.17) is 9.90 Å². The van der Waals surface area contributed by atoms with Gasteiger partial charge in [-0.1, -0.05) is 30.3 Å². The molecule has 5 nitrogen and oxygen atoms in total. The van der Waals surface area contributed by atoms with Crippen molar-refractivity contribution in [2.75, 3.05) is 7.05 Å². The van der Waals surface area contributed by atoms with Crippen LogP contribution in [0.3, 0.4) is 0 Å². The van der Waals surface area contributed by atoms with E-state index in [9.17, 15) is 18.0 Å². The second kappa shape index (κ2) is 8.88. The Labute approximate surface area is 160 Å². The molecule has 0 radical (unpaired) electrons. The Bertz CT molecular complexity index is 866. The molecule has 28 heavy (non-hydrogen) atoms. The SMILES string of the molecule is CNCc1cccc(-c2cccc3c2CC(C)NC3=O)c1.O=C(O)C(F)(F)F. The highest BCUT2D eigenvalue weighted by Gasteiger charge is 2.38. The minimum Gasteiger partial charge on any atom is -0.475 e. The lowest BCUT2D eigenvalue weighted by molar-refractivity contribution is -0.192. The molecule has 1 aliphatic heterocycles. The van der Waals surface area contributed by atoms with Crippen LogP contribution in [-0.2, 0) is 17.8 Å². The van der Waals surface area contributed by atoms with Crippen molar-refractivity contribution in [2.45, 2.75) is 32.1 Å². The quantitative estimate of drug-likeness (QED) is 0.746. The van der Waals surface area contributed by atoms with Gasteiger partial charge in [0, 0.05) is 18.2 Å². The van der Waals surface area contributed by atoms with Gasteiger partial charge < -0.3 is 15.7 Å². The summed E-state index contributed by atoms with van der Waals surface area (Å²) < 4.78 is 31.7. The molecule has 3 N–H and O–H groups in total. The van der Waals surface area contributed by atoms with Crippen LogP contribution in [0.5, 0.6) is 0 Å². The van der Waals surface area contributed by atoms with Crippen LogP contribution in [0.1, 0.15) is 28.4 Å². The van der Waals surface area contributed by atoms with Gasteiger partial charge in [0.05, 0.1) is 0 Å². The van der Waals surface area contributed by atoms with Crippen LogP contribution >= 0.6 is 0 Å². The summed E-state index contributed by atoms with van der Waals surface area (Å²) in [5.41, 5.74) is 5.58. The maximum Gasteiger partial charge on any atom is 0.490 e. The zero-order valence-electron chi connectivity index (χ0n) is 15.4. The van der Waals surface area contributed by atoms with Gasteiger partial charge in [0.2, 0.25) is 0 Å². The van der Waals surface area contributed by atoms with Gasteiger partial charge in [0.25, 0.3) is 5.91 Å². The first kappa shape index (κ1) is 21.4. The number of fused-ring (bicyclic) bond motifs is 1. The summed E-state index contributed by atoms with van der Waals surface area (Å²) in [7, 11) is 1.95. The van der Waals surface area contributed by atoms with Crippen LogP contribution in [0.25, 0.3) is 11.1 Å². The summed E-state index contributed by atoms with van der Waals surface area (Å²) in [5, 5.41) is 13.3. The molecule has 8 heteroatoms. The number of carbonyl (C=O) groups excluding carboxylic acids is 1. The van der Waals surface area contributed by atoms with Crippen molar-refractivity contribution in [3.63, 3.8) is 0 Å². The second-order valence-electron chi connectivity index (χ2n) is 6.44. The Morgan fingerprint density at radius 2 is 1.82 bits per heavy atom. The van der Waals surface area contributed by atoms with Gasteiger partial charge in [-0.3, -0.25) is 4.79 Å². The Balaban J connectivity index is 0.000000345. The second-order valence-corrected chi connectivity index (χ2v) is 6.44. The first-order chi connectivity index (χ1) is 13.1. The normalized spacial score (nSPS) is 15.8. The van der Waals surface area contributed by atoms with Gasteiger partial charge in [-0.25, -0.2) is 4.79 Å². The molecule has 2 aromatic rings. The van der Waals surface area contributed by atoms with Crippen molar-refractivity contribution >= 4 is 11.9 Å². The number of carbonyl (C=O) groups is 2. The van der Waals surface area contributed by atoms with Crippen LogP contribution in [0, 0.1) is 0 Å². The summed E-state index contributed by atoms with van der Waals surface area (Å²) in [4.78, 5) is 21.0. The molecule has 0 aliphatic carbocycles. The fourth-order valence-corrected chi connectivity index (χ4v) is 3.00. The third-order valence-corrected chi connectivity index (χ3v) is 4.17. The average molecular weight is 394 g/mol. The first-order valence-electron chi connectivity index (χ1n) is 8.60. The standard InChI is InChI=1S/C18H20N2O.C2HF3O2/c1-12-9-17-15(7-4-8-16(17)18(21)20-12)14-6-3-5-13(10-14)11-19-2;3-2(4,5)1(6)7/h3-8,10,12,19H,9,11H2,1-2H3,(H,20,21);(H,6,7). The summed E-state index contributed by atoms with van der Waals surface area (Å²) in [5.74, 6) is -2.72. The lowest BCUT2D eigenvalue weighted by atomic mass is 9.88.